The van der Waals surface area contributed by atoms with Crippen molar-refractivity contribution < 1.29 is 4.79 Å². The maximum atomic E-state index is 12.6. The van der Waals surface area contributed by atoms with Gasteiger partial charge in [0.1, 0.15) is 0 Å². The fraction of sp³-hybridized carbons (Fsp3) is 0.591. The lowest BCUT2D eigenvalue weighted by molar-refractivity contribution is 0.0945. The van der Waals surface area contributed by atoms with Crippen LogP contribution in [0.15, 0.2) is 24.3 Å². The van der Waals surface area contributed by atoms with Gasteiger partial charge < -0.3 is 10.6 Å². The number of rotatable bonds is 6. The van der Waals surface area contributed by atoms with Crippen LogP contribution in [0.1, 0.15) is 65.5 Å². The van der Waals surface area contributed by atoms with Gasteiger partial charge in [-0.25, -0.2) is 4.68 Å². The molecule has 4 rings (SSSR count). The third kappa shape index (κ3) is 6.65. The average Bonchev–Trinajstić information content (AvgIpc) is 3.16. The minimum Gasteiger partial charge on any atom is -0.347 e. The lowest BCUT2D eigenvalue weighted by Gasteiger charge is -2.26. The molecule has 2 fully saturated rings. The summed E-state index contributed by atoms with van der Waals surface area (Å²) in [5.74, 6) is -0.153. The lowest BCUT2D eigenvalue weighted by Crippen LogP contribution is -2.30. The van der Waals surface area contributed by atoms with E-state index in [2.05, 4.69) is 50.1 Å². The van der Waals surface area contributed by atoms with Crippen LogP contribution in [0.25, 0.3) is 0 Å². The molecule has 0 bridgehead atoms. The highest BCUT2D eigenvalue weighted by Crippen LogP contribution is 2.20. The van der Waals surface area contributed by atoms with Crippen LogP contribution in [-0.2, 0) is 13.1 Å². The quantitative estimate of drug-likeness (QED) is 0.680. The first-order chi connectivity index (χ1) is 14.2. The second-order valence-corrected chi connectivity index (χ2v) is 8.29. The van der Waals surface area contributed by atoms with Crippen molar-refractivity contribution in [1.29, 1.82) is 0 Å². The Balaban J connectivity index is 0.00000171. The fourth-order valence-corrected chi connectivity index (χ4v) is 4.35. The molecule has 1 amide bonds. The number of carbonyl (C=O) groups is 1. The van der Waals surface area contributed by atoms with E-state index in [4.69, 9.17) is 0 Å². The molecular formula is C22H34Cl2N6O. The number of hydrogen-bond acceptors (Lipinski definition) is 5. The summed E-state index contributed by atoms with van der Waals surface area (Å²) in [5, 5.41) is 14.8. The number of halogens is 2. The van der Waals surface area contributed by atoms with Crippen LogP contribution in [-0.4, -0.2) is 52.0 Å². The Labute approximate surface area is 197 Å². The second kappa shape index (κ2) is 12.4. The summed E-state index contributed by atoms with van der Waals surface area (Å²) in [6, 6.07) is 8.90. The molecule has 0 aliphatic carbocycles. The van der Waals surface area contributed by atoms with Gasteiger partial charge in [0.15, 0.2) is 5.69 Å². The zero-order valence-electron chi connectivity index (χ0n) is 18.2. The SMILES string of the molecule is Cc1c(C(=O)NCc2ccc(CN3CCCCC3)cc2)nnn1C1CCNCC1.Cl.Cl. The van der Waals surface area contributed by atoms with Crippen molar-refractivity contribution in [3.8, 4) is 0 Å². The van der Waals surface area contributed by atoms with Crippen LogP contribution in [0.5, 0.6) is 0 Å². The summed E-state index contributed by atoms with van der Waals surface area (Å²) >= 11 is 0. The van der Waals surface area contributed by atoms with Crippen molar-refractivity contribution in [2.45, 2.75) is 58.2 Å². The molecule has 2 aromatic rings. The zero-order valence-corrected chi connectivity index (χ0v) is 19.8. The molecule has 3 heterocycles. The van der Waals surface area contributed by atoms with Crippen LogP contribution in [0, 0.1) is 6.92 Å². The number of piperidine rings is 2. The van der Waals surface area contributed by atoms with Crippen LogP contribution in [0.3, 0.4) is 0 Å². The molecule has 31 heavy (non-hydrogen) atoms. The molecule has 0 atom stereocenters. The van der Waals surface area contributed by atoms with Crippen molar-refractivity contribution in [2.24, 2.45) is 0 Å². The van der Waals surface area contributed by atoms with Gasteiger partial charge in [-0.15, -0.1) is 29.9 Å². The van der Waals surface area contributed by atoms with Crippen molar-refractivity contribution in [3.05, 3.63) is 46.8 Å². The molecule has 2 saturated heterocycles. The Bertz CT molecular complexity index is 814. The van der Waals surface area contributed by atoms with E-state index in [1.807, 2.05) is 11.6 Å². The molecule has 0 spiro atoms. The highest BCUT2D eigenvalue weighted by molar-refractivity contribution is 5.93. The van der Waals surface area contributed by atoms with Gasteiger partial charge in [0.05, 0.1) is 11.7 Å². The number of nitrogens with one attached hydrogen (secondary N) is 2. The Kier molecular flexibility index (Phi) is 10.2. The van der Waals surface area contributed by atoms with E-state index in [9.17, 15) is 4.79 Å². The summed E-state index contributed by atoms with van der Waals surface area (Å²) in [4.78, 5) is 15.1. The van der Waals surface area contributed by atoms with Gasteiger partial charge >= 0.3 is 0 Å². The predicted octanol–water partition coefficient (Wildman–Crippen LogP) is 3.27. The van der Waals surface area contributed by atoms with Gasteiger partial charge in [-0.05, 0) is 69.9 Å². The summed E-state index contributed by atoms with van der Waals surface area (Å²) < 4.78 is 1.92. The van der Waals surface area contributed by atoms with E-state index in [0.717, 1.165) is 43.7 Å². The fourth-order valence-electron chi connectivity index (χ4n) is 4.35. The van der Waals surface area contributed by atoms with E-state index in [1.54, 1.807) is 0 Å². The van der Waals surface area contributed by atoms with E-state index in [0.29, 0.717) is 18.3 Å². The number of benzene rings is 1. The monoisotopic (exact) mass is 468 g/mol. The Morgan fingerprint density at radius 1 is 1.06 bits per heavy atom. The topological polar surface area (TPSA) is 75.1 Å². The number of likely N-dealkylation sites (tertiary alicyclic amines) is 1. The van der Waals surface area contributed by atoms with E-state index >= 15 is 0 Å². The summed E-state index contributed by atoms with van der Waals surface area (Å²) in [5.41, 5.74) is 3.73. The van der Waals surface area contributed by atoms with Gasteiger partial charge in [0, 0.05) is 13.1 Å². The van der Waals surface area contributed by atoms with E-state index in [1.165, 1.54) is 37.9 Å². The molecule has 2 aliphatic heterocycles. The first-order valence-corrected chi connectivity index (χ1v) is 10.9. The lowest BCUT2D eigenvalue weighted by atomic mass is 10.1. The number of hydrogen-bond donors (Lipinski definition) is 2. The summed E-state index contributed by atoms with van der Waals surface area (Å²) in [7, 11) is 0. The molecule has 7 nitrogen and oxygen atoms in total. The minimum absolute atomic E-state index is 0. The van der Waals surface area contributed by atoms with Crippen LogP contribution < -0.4 is 10.6 Å². The molecule has 2 aliphatic rings. The van der Waals surface area contributed by atoms with Gasteiger partial charge in [0.25, 0.3) is 5.91 Å². The maximum Gasteiger partial charge on any atom is 0.274 e. The Hall–Kier alpha value is -1.67. The molecular weight excluding hydrogens is 435 g/mol. The molecule has 9 heteroatoms. The van der Waals surface area contributed by atoms with Crippen LogP contribution in [0.2, 0.25) is 0 Å². The smallest absolute Gasteiger partial charge is 0.274 e. The number of aromatic nitrogens is 3. The molecule has 1 aromatic carbocycles. The van der Waals surface area contributed by atoms with Crippen molar-refractivity contribution in [3.63, 3.8) is 0 Å². The first kappa shape index (κ1) is 25.6. The van der Waals surface area contributed by atoms with E-state index in [-0.39, 0.29) is 30.7 Å². The van der Waals surface area contributed by atoms with Gasteiger partial charge in [-0.3, -0.25) is 9.69 Å². The molecule has 2 N–H and O–H groups in total. The Morgan fingerprint density at radius 2 is 1.71 bits per heavy atom. The number of carbonyl (C=O) groups excluding carboxylic acids is 1. The molecule has 0 radical (unpaired) electrons. The van der Waals surface area contributed by atoms with Crippen LogP contribution in [0.4, 0.5) is 0 Å². The third-order valence-corrected chi connectivity index (χ3v) is 6.13. The van der Waals surface area contributed by atoms with E-state index < -0.39 is 0 Å². The highest BCUT2D eigenvalue weighted by atomic mass is 35.5. The molecule has 1 aromatic heterocycles. The predicted molar refractivity (Wildman–Crippen MR) is 127 cm³/mol. The summed E-state index contributed by atoms with van der Waals surface area (Å²) in [6.45, 7) is 7.84. The standard InChI is InChI=1S/C22H32N6O.2ClH/c1-17-21(25-26-28(17)20-9-11-23-12-10-20)22(29)24-15-18-5-7-19(8-6-18)16-27-13-3-2-4-14-27;;/h5-8,20,23H,2-4,9-16H2,1H3,(H,24,29);2*1H. The van der Waals surface area contributed by atoms with Gasteiger partial charge in [-0.1, -0.05) is 35.9 Å². The molecule has 0 saturated carbocycles. The minimum atomic E-state index is -0.153. The van der Waals surface area contributed by atoms with Crippen molar-refractivity contribution in [1.82, 2.24) is 30.5 Å². The zero-order chi connectivity index (χ0) is 20.1. The number of amides is 1. The highest BCUT2D eigenvalue weighted by Gasteiger charge is 2.22. The average molecular weight is 469 g/mol. The van der Waals surface area contributed by atoms with Gasteiger partial charge in [-0.2, -0.15) is 0 Å². The summed E-state index contributed by atoms with van der Waals surface area (Å²) in [6.07, 6.45) is 6.03. The third-order valence-electron chi connectivity index (χ3n) is 6.13. The molecule has 172 valence electrons. The second-order valence-electron chi connectivity index (χ2n) is 8.29. The largest absolute Gasteiger partial charge is 0.347 e. The van der Waals surface area contributed by atoms with Crippen LogP contribution >= 0.6 is 24.8 Å². The normalized spacial score (nSPS) is 17.5. The van der Waals surface area contributed by atoms with Gasteiger partial charge in [0.2, 0.25) is 0 Å². The first-order valence-electron chi connectivity index (χ1n) is 10.9. The maximum absolute atomic E-state index is 12.6. The van der Waals surface area contributed by atoms with Crippen molar-refractivity contribution in [2.75, 3.05) is 26.2 Å². The number of nitrogens with zero attached hydrogens (tertiary/aromatic N) is 4. The van der Waals surface area contributed by atoms with Crippen molar-refractivity contribution >= 4 is 30.7 Å². The molecule has 0 unspecified atom stereocenters. The Morgan fingerprint density at radius 3 is 2.39 bits per heavy atom.